The molecule has 4 nitrogen and oxygen atoms in total. The fraction of sp³-hybridized carbons (Fsp3) is 0.800. The van der Waals surface area contributed by atoms with Gasteiger partial charge < -0.3 is 10.4 Å². The Morgan fingerprint density at radius 2 is 2.14 bits per heavy atom. The zero-order valence-corrected chi connectivity index (χ0v) is 8.67. The van der Waals surface area contributed by atoms with Gasteiger partial charge in [-0.25, -0.2) is 0 Å². The molecule has 0 aliphatic carbocycles. The molecular formula is C10H17NO3. The van der Waals surface area contributed by atoms with Crippen molar-refractivity contribution in [3.05, 3.63) is 0 Å². The molecule has 0 aromatic rings. The van der Waals surface area contributed by atoms with Crippen molar-refractivity contribution in [1.82, 2.24) is 5.32 Å². The minimum Gasteiger partial charge on any atom is -0.481 e. The van der Waals surface area contributed by atoms with E-state index in [0.717, 1.165) is 0 Å². The lowest BCUT2D eigenvalue weighted by atomic mass is 9.72. The van der Waals surface area contributed by atoms with Crippen molar-refractivity contribution >= 4 is 11.9 Å². The van der Waals surface area contributed by atoms with Crippen LogP contribution in [0.15, 0.2) is 0 Å². The summed E-state index contributed by atoms with van der Waals surface area (Å²) < 4.78 is 0. The Hall–Kier alpha value is -1.06. The summed E-state index contributed by atoms with van der Waals surface area (Å²) in [6, 6.07) is 0. The van der Waals surface area contributed by atoms with E-state index < -0.39 is 11.4 Å². The number of aliphatic carboxylic acids is 1. The van der Waals surface area contributed by atoms with Crippen LogP contribution in [0.25, 0.3) is 0 Å². The highest BCUT2D eigenvalue weighted by Gasteiger charge is 2.42. The van der Waals surface area contributed by atoms with E-state index in [1.807, 2.05) is 13.8 Å². The SMILES string of the molecule is CC(C)[C@]1(C(=O)O)CCNC(=O)CC1. The Morgan fingerprint density at radius 1 is 1.50 bits per heavy atom. The third-order valence-electron chi connectivity index (χ3n) is 3.22. The minimum atomic E-state index is -0.774. The van der Waals surface area contributed by atoms with Gasteiger partial charge in [0.2, 0.25) is 5.91 Å². The molecule has 0 radical (unpaired) electrons. The van der Waals surface area contributed by atoms with Crippen LogP contribution in [0.5, 0.6) is 0 Å². The van der Waals surface area contributed by atoms with E-state index in [4.69, 9.17) is 0 Å². The predicted octanol–water partition coefficient (Wildman–Crippen LogP) is 1.01. The minimum absolute atomic E-state index is 0.0335. The van der Waals surface area contributed by atoms with Gasteiger partial charge in [0.1, 0.15) is 0 Å². The molecule has 1 fully saturated rings. The average molecular weight is 199 g/mol. The zero-order chi connectivity index (χ0) is 10.8. The molecule has 1 heterocycles. The van der Waals surface area contributed by atoms with Crippen LogP contribution in [-0.4, -0.2) is 23.5 Å². The molecule has 1 rings (SSSR count). The first-order valence-corrected chi connectivity index (χ1v) is 4.99. The Bertz CT molecular complexity index is 250. The third kappa shape index (κ3) is 1.89. The van der Waals surface area contributed by atoms with Gasteiger partial charge in [0.25, 0.3) is 0 Å². The predicted molar refractivity (Wildman–Crippen MR) is 51.8 cm³/mol. The highest BCUT2D eigenvalue weighted by atomic mass is 16.4. The van der Waals surface area contributed by atoms with Crippen LogP contribution in [0.3, 0.4) is 0 Å². The fourth-order valence-corrected chi connectivity index (χ4v) is 2.01. The molecule has 4 heteroatoms. The molecular weight excluding hydrogens is 182 g/mol. The molecule has 1 amide bonds. The molecule has 2 N–H and O–H groups in total. The van der Waals surface area contributed by atoms with Crippen LogP contribution in [0, 0.1) is 11.3 Å². The van der Waals surface area contributed by atoms with Gasteiger partial charge in [-0.05, 0) is 18.8 Å². The van der Waals surface area contributed by atoms with Crippen LogP contribution in [0.2, 0.25) is 0 Å². The molecule has 1 aliphatic rings. The Balaban J connectivity index is 2.87. The second-order valence-corrected chi connectivity index (χ2v) is 4.22. The second kappa shape index (κ2) is 3.98. The summed E-state index contributed by atoms with van der Waals surface area (Å²) in [5.74, 6) is -0.745. The van der Waals surface area contributed by atoms with Crippen molar-refractivity contribution < 1.29 is 14.7 Å². The fourth-order valence-electron chi connectivity index (χ4n) is 2.01. The summed E-state index contributed by atoms with van der Waals surface area (Å²) in [6.07, 6.45) is 1.31. The number of carboxylic acid groups (broad SMARTS) is 1. The molecule has 1 atom stereocenters. The standard InChI is InChI=1S/C10H17NO3/c1-7(2)10(9(13)14)4-3-8(12)11-6-5-10/h7H,3-6H2,1-2H3,(H,11,12)(H,13,14)/t10-/m1/s1. The van der Waals surface area contributed by atoms with Crippen molar-refractivity contribution in [2.75, 3.05) is 6.54 Å². The molecule has 80 valence electrons. The number of carboxylic acids is 1. The van der Waals surface area contributed by atoms with Crippen molar-refractivity contribution in [1.29, 1.82) is 0 Å². The molecule has 0 bridgehead atoms. The van der Waals surface area contributed by atoms with Gasteiger partial charge in [-0.15, -0.1) is 0 Å². The highest BCUT2D eigenvalue weighted by molar-refractivity contribution is 5.80. The van der Waals surface area contributed by atoms with Crippen LogP contribution in [-0.2, 0) is 9.59 Å². The number of carbonyl (C=O) groups is 2. The van der Waals surface area contributed by atoms with Gasteiger partial charge in [0, 0.05) is 13.0 Å². The summed E-state index contributed by atoms with van der Waals surface area (Å²) in [7, 11) is 0. The monoisotopic (exact) mass is 199 g/mol. The van der Waals surface area contributed by atoms with Crippen LogP contribution in [0.4, 0.5) is 0 Å². The first-order chi connectivity index (χ1) is 6.49. The summed E-state index contributed by atoms with van der Waals surface area (Å²) >= 11 is 0. The second-order valence-electron chi connectivity index (χ2n) is 4.22. The first-order valence-electron chi connectivity index (χ1n) is 4.99. The molecule has 0 saturated carbocycles. The lowest BCUT2D eigenvalue weighted by Gasteiger charge is -2.31. The summed E-state index contributed by atoms with van der Waals surface area (Å²) in [5, 5.41) is 11.9. The van der Waals surface area contributed by atoms with Crippen molar-refractivity contribution in [3.8, 4) is 0 Å². The number of hydrogen-bond donors (Lipinski definition) is 2. The van der Waals surface area contributed by atoms with E-state index in [-0.39, 0.29) is 11.8 Å². The van der Waals surface area contributed by atoms with Crippen LogP contribution in [0.1, 0.15) is 33.1 Å². The number of carbonyl (C=O) groups excluding carboxylic acids is 1. The van der Waals surface area contributed by atoms with Gasteiger partial charge in [0.15, 0.2) is 0 Å². The number of hydrogen-bond acceptors (Lipinski definition) is 2. The maximum atomic E-state index is 11.2. The molecule has 0 unspecified atom stereocenters. The van der Waals surface area contributed by atoms with E-state index in [1.165, 1.54) is 0 Å². The summed E-state index contributed by atoms with van der Waals surface area (Å²) in [6.45, 7) is 4.29. The smallest absolute Gasteiger partial charge is 0.309 e. The lowest BCUT2D eigenvalue weighted by Crippen LogP contribution is -2.37. The Morgan fingerprint density at radius 3 is 2.64 bits per heavy atom. The van der Waals surface area contributed by atoms with E-state index in [0.29, 0.717) is 25.8 Å². The summed E-state index contributed by atoms with van der Waals surface area (Å²) in [4.78, 5) is 22.4. The van der Waals surface area contributed by atoms with Crippen molar-refractivity contribution in [2.24, 2.45) is 11.3 Å². The van der Waals surface area contributed by atoms with Crippen LogP contribution < -0.4 is 5.32 Å². The normalized spacial score (nSPS) is 28.4. The summed E-state index contributed by atoms with van der Waals surface area (Å²) in [5.41, 5.74) is -0.723. The molecule has 1 saturated heterocycles. The third-order valence-corrected chi connectivity index (χ3v) is 3.22. The molecule has 0 spiro atoms. The number of amides is 1. The topological polar surface area (TPSA) is 66.4 Å². The van der Waals surface area contributed by atoms with Gasteiger partial charge >= 0.3 is 5.97 Å². The largest absolute Gasteiger partial charge is 0.481 e. The maximum absolute atomic E-state index is 11.2. The Kier molecular flexibility index (Phi) is 3.13. The zero-order valence-electron chi connectivity index (χ0n) is 8.67. The molecule has 14 heavy (non-hydrogen) atoms. The van der Waals surface area contributed by atoms with Crippen molar-refractivity contribution in [2.45, 2.75) is 33.1 Å². The van der Waals surface area contributed by atoms with Crippen molar-refractivity contribution in [3.63, 3.8) is 0 Å². The molecule has 0 aromatic carbocycles. The number of rotatable bonds is 2. The number of nitrogens with one attached hydrogen (secondary N) is 1. The Labute approximate surface area is 83.7 Å². The maximum Gasteiger partial charge on any atom is 0.309 e. The van der Waals surface area contributed by atoms with E-state index in [2.05, 4.69) is 5.32 Å². The van der Waals surface area contributed by atoms with Gasteiger partial charge in [-0.1, -0.05) is 13.8 Å². The highest BCUT2D eigenvalue weighted by Crippen LogP contribution is 2.37. The van der Waals surface area contributed by atoms with E-state index in [9.17, 15) is 14.7 Å². The lowest BCUT2D eigenvalue weighted by molar-refractivity contribution is -0.152. The molecule has 0 aromatic heterocycles. The quantitative estimate of drug-likeness (QED) is 0.697. The van der Waals surface area contributed by atoms with Gasteiger partial charge in [-0.3, -0.25) is 9.59 Å². The van der Waals surface area contributed by atoms with Gasteiger partial charge in [0.05, 0.1) is 5.41 Å². The molecule has 1 aliphatic heterocycles. The van der Waals surface area contributed by atoms with E-state index >= 15 is 0 Å². The first kappa shape index (κ1) is 11.0. The van der Waals surface area contributed by atoms with Gasteiger partial charge in [-0.2, -0.15) is 0 Å². The van der Waals surface area contributed by atoms with Crippen LogP contribution >= 0.6 is 0 Å². The van der Waals surface area contributed by atoms with E-state index in [1.54, 1.807) is 0 Å². The average Bonchev–Trinajstić information content (AvgIpc) is 2.27.